The second-order valence-electron chi connectivity index (χ2n) is 8.69. The molecule has 0 aliphatic heterocycles. The number of nitrogens with zero attached hydrogens (tertiary/aromatic N) is 2. The number of carbonyl (C=O) groups is 1. The van der Waals surface area contributed by atoms with Gasteiger partial charge in [-0.3, -0.25) is 9.89 Å². The molecular formula is C25H25FN6O3S. The number of anilines is 3. The van der Waals surface area contributed by atoms with Crippen LogP contribution >= 0.6 is 12.8 Å². The van der Waals surface area contributed by atoms with Gasteiger partial charge in [0.25, 0.3) is 5.91 Å². The SMILES string of the molecule is C[C@H](Oc1cc(-c2[nH]nc(Nc3cc(C4CCC4)on3)c2C(N)=O)ccc1NS)c1ccc(F)cc1. The number of benzene rings is 2. The monoisotopic (exact) mass is 508 g/mol. The minimum atomic E-state index is -0.664. The summed E-state index contributed by atoms with van der Waals surface area (Å²) in [7, 11) is 0. The number of carbonyl (C=O) groups excluding carboxylic acids is 1. The summed E-state index contributed by atoms with van der Waals surface area (Å²) in [5, 5.41) is 14.2. The standard InChI is InChI=1S/C25H25FN6O3S/c1-13(14-5-8-17(26)9-6-14)34-20-11-16(7-10-18(20)32-36)23-22(24(27)33)25(30-29-23)28-21-12-19(35-31-21)15-3-2-4-15/h5-13,15,32,36H,2-4H2,1H3,(H2,27,33)(H2,28,29,30,31)/t13-/m0/s1. The molecule has 1 saturated carbocycles. The highest BCUT2D eigenvalue weighted by molar-refractivity contribution is 7.81. The molecular weight excluding hydrogens is 483 g/mol. The van der Waals surface area contributed by atoms with Crippen molar-refractivity contribution < 1.29 is 18.4 Å². The lowest BCUT2D eigenvalue weighted by Gasteiger charge is -2.21. The molecule has 0 bridgehead atoms. The summed E-state index contributed by atoms with van der Waals surface area (Å²) in [4.78, 5) is 12.4. The molecule has 0 spiro atoms. The number of halogens is 1. The summed E-state index contributed by atoms with van der Waals surface area (Å²) in [6.07, 6.45) is 2.95. The molecule has 11 heteroatoms. The Morgan fingerprint density at radius 3 is 2.69 bits per heavy atom. The third-order valence-corrected chi connectivity index (χ3v) is 6.57. The van der Waals surface area contributed by atoms with Gasteiger partial charge in [-0.15, -0.1) is 0 Å². The second kappa shape index (κ2) is 9.94. The van der Waals surface area contributed by atoms with E-state index in [1.54, 1.807) is 30.3 Å². The Hall–Kier alpha value is -3.99. The molecule has 36 heavy (non-hydrogen) atoms. The van der Waals surface area contributed by atoms with Crippen molar-refractivity contribution in [2.75, 3.05) is 10.0 Å². The molecule has 0 saturated heterocycles. The van der Waals surface area contributed by atoms with Gasteiger partial charge in [0.2, 0.25) is 0 Å². The molecule has 5 N–H and O–H groups in total. The number of nitrogens with one attached hydrogen (secondary N) is 3. The molecule has 1 aliphatic carbocycles. The molecule has 0 radical (unpaired) electrons. The molecule has 1 atom stereocenters. The molecule has 1 amide bonds. The van der Waals surface area contributed by atoms with Crippen molar-refractivity contribution in [3.8, 4) is 17.0 Å². The predicted molar refractivity (Wildman–Crippen MR) is 137 cm³/mol. The number of ether oxygens (including phenoxy) is 1. The first-order valence-corrected chi connectivity index (χ1v) is 12.0. The largest absolute Gasteiger partial charge is 0.484 e. The van der Waals surface area contributed by atoms with Crippen LogP contribution in [0.5, 0.6) is 5.75 Å². The van der Waals surface area contributed by atoms with E-state index in [0.717, 1.165) is 24.2 Å². The van der Waals surface area contributed by atoms with Gasteiger partial charge in [-0.1, -0.05) is 42.6 Å². The van der Waals surface area contributed by atoms with Crippen LogP contribution in [0, 0.1) is 5.82 Å². The zero-order chi connectivity index (χ0) is 25.2. The molecule has 1 fully saturated rings. The van der Waals surface area contributed by atoms with E-state index in [1.807, 2.05) is 13.0 Å². The van der Waals surface area contributed by atoms with Crippen LogP contribution in [0.2, 0.25) is 0 Å². The lowest BCUT2D eigenvalue weighted by molar-refractivity contribution is 0.100. The van der Waals surface area contributed by atoms with Crippen molar-refractivity contribution >= 4 is 36.0 Å². The number of rotatable bonds is 9. The Morgan fingerprint density at radius 2 is 2.03 bits per heavy atom. The Morgan fingerprint density at radius 1 is 1.25 bits per heavy atom. The van der Waals surface area contributed by atoms with E-state index < -0.39 is 5.91 Å². The normalized spacial score (nSPS) is 14.2. The molecule has 1 aliphatic rings. The molecule has 0 unspecified atom stereocenters. The van der Waals surface area contributed by atoms with Crippen molar-refractivity contribution in [1.29, 1.82) is 0 Å². The summed E-state index contributed by atoms with van der Waals surface area (Å²) < 4.78 is 27.7. The van der Waals surface area contributed by atoms with Crippen LogP contribution in [-0.2, 0) is 0 Å². The summed E-state index contributed by atoms with van der Waals surface area (Å²) in [6, 6.07) is 13.2. The van der Waals surface area contributed by atoms with E-state index in [2.05, 4.69) is 38.2 Å². The lowest BCUT2D eigenvalue weighted by atomic mass is 9.84. The van der Waals surface area contributed by atoms with Gasteiger partial charge < -0.3 is 25.0 Å². The average molecular weight is 509 g/mol. The van der Waals surface area contributed by atoms with Crippen LogP contribution < -0.4 is 20.5 Å². The number of H-pyrrole nitrogens is 1. The second-order valence-corrected chi connectivity index (χ2v) is 8.91. The first-order chi connectivity index (χ1) is 17.4. The molecule has 186 valence electrons. The number of primary amides is 1. The molecule has 2 heterocycles. The third kappa shape index (κ3) is 4.74. The molecule has 2 aromatic carbocycles. The maximum atomic E-state index is 13.3. The number of hydrogen-bond donors (Lipinski definition) is 5. The van der Waals surface area contributed by atoms with E-state index >= 15 is 0 Å². The van der Waals surface area contributed by atoms with E-state index in [1.165, 1.54) is 18.6 Å². The van der Waals surface area contributed by atoms with Crippen molar-refractivity contribution in [2.45, 2.75) is 38.2 Å². The molecule has 2 aromatic heterocycles. The highest BCUT2D eigenvalue weighted by Gasteiger charge is 2.25. The highest BCUT2D eigenvalue weighted by Crippen LogP contribution is 2.39. The quantitative estimate of drug-likeness (QED) is 0.183. The first kappa shape index (κ1) is 23.7. The van der Waals surface area contributed by atoms with Crippen molar-refractivity contribution in [3.63, 3.8) is 0 Å². The topological polar surface area (TPSA) is 131 Å². The number of nitrogens with two attached hydrogens (primary N) is 1. The molecule has 9 nitrogen and oxygen atoms in total. The minimum Gasteiger partial charge on any atom is -0.484 e. The van der Waals surface area contributed by atoms with Crippen LogP contribution in [0.3, 0.4) is 0 Å². The van der Waals surface area contributed by atoms with E-state index in [-0.39, 0.29) is 23.3 Å². The van der Waals surface area contributed by atoms with Crippen molar-refractivity contribution in [1.82, 2.24) is 15.4 Å². The Balaban J connectivity index is 1.43. The number of thiol groups is 1. The maximum Gasteiger partial charge on any atom is 0.254 e. The highest BCUT2D eigenvalue weighted by atomic mass is 32.1. The number of hydrogen-bond acceptors (Lipinski definition) is 8. The van der Waals surface area contributed by atoms with Crippen LogP contribution in [-0.4, -0.2) is 21.3 Å². The Bertz CT molecular complexity index is 1380. The molecule has 5 rings (SSSR count). The third-order valence-electron chi connectivity index (χ3n) is 6.33. The van der Waals surface area contributed by atoms with E-state index in [4.69, 9.17) is 15.0 Å². The molecule has 4 aromatic rings. The predicted octanol–water partition coefficient (Wildman–Crippen LogP) is 5.71. The van der Waals surface area contributed by atoms with Gasteiger partial charge in [0.15, 0.2) is 11.6 Å². The van der Waals surface area contributed by atoms with Gasteiger partial charge in [0, 0.05) is 17.5 Å². The number of amides is 1. The van der Waals surface area contributed by atoms with E-state index in [0.29, 0.717) is 34.4 Å². The van der Waals surface area contributed by atoms with E-state index in [9.17, 15) is 9.18 Å². The van der Waals surface area contributed by atoms with Gasteiger partial charge in [0.1, 0.15) is 29.0 Å². The zero-order valence-corrected chi connectivity index (χ0v) is 20.3. The van der Waals surface area contributed by atoms with Crippen molar-refractivity contribution in [2.24, 2.45) is 5.73 Å². The average Bonchev–Trinajstić information content (AvgIpc) is 3.46. The fourth-order valence-electron chi connectivity index (χ4n) is 4.10. The van der Waals surface area contributed by atoms with Crippen LogP contribution in [0.25, 0.3) is 11.3 Å². The summed E-state index contributed by atoms with van der Waals surface area (Å²) >= 11 is 4.16. The van der Waals surface area contributed by atoms with Crippen LogP contribution in [0.15, 0.2) is 53.1 Å². The smallest absolute Gasteiger partial charge is 0.254 e. The summed E-state index contributed by atoms with van der Waals surface area (Å²) in [6.45, 7) is 1.85. The van der Waals surface area contributed by atoms with Gasteiger partial charge in [-0.25, -0.2) is 4.39 Å². The Kier molecular flexibility index (Phi) is 6.55. The Labute approximate surface area is 212 Å². The van der Waals surface area contributed by atoms with Gasteiger partial charge in [0.05, 0.1) is 11.4 Å². The fraction of sp³-hybridized carbons (Fsp3) is 0.240. The van der Waals surface area contributed by atoms with Gasteiger partial charge in [-0.2, -0.15) is 5.10 Å². The zero-order valence-electron chi connectivity index (χ0n) is 19.4. The summed E-state index contributed by atoms with van der Waals surface area (Å²) in [5.41, 5.74) is 8.35. The first-order valence-electron chi connectivity index (χ1n) is 11.5. The van der Waals surface area contributed by atoms with Gasteiger partial charge in [-0.05, 0) is 49.6 Å². The fourth-order valence-corrected chi connectivity index (χ4v) is 4.28. The number of aromatic amines is 1. The minimum absolute atomic E-state index is 0.173. The van der Waals surface area contributed by atoms with Crippen LogP contribution in [0.1, 0.15) is 59.9 Å². The van der Waals surface area contributed by atoms with Crippen molar-refractivity contribution in [3.05, 3.63) is 71.2 Å². The van der Waals surface area contributed by atoms with Gasteiger partial charge >= 0.3 is 0 Å². The van der Waals surface area contributed by atoms with Crippen LogP contribution in [0.4, 0.5) is 21.7 Å². The summed E-state index contributed by atoms with van der Waals surface area (Å²) in [5.74, 6) is 1.37. The maximum absolute atomic E-state index is 13.3. The number of aromatic nitrogens is 3. The lowest BCUT2D eigenvalue weighted by Crippen LogP contribution is -2.13.